The van der Waals surface area contributed by atoms with Gasteiger partial charge in [0, 0.05) is 12.7 Å². The monoisotopic (exact) mass is 267 g/mol. The topological polar surface area (TPSA) is 40.5 Å². The maximum atomic E-state index is 11.9. The summed E-state index contributed by atoms with van der Waals surface area (Å²) in [5, 5.41) is 0. The molecule has 4 nitrogen and oxygen atoms in total. The highest BCUT2D eigenvalue weighted by Crippen LogP contribution is 2.18. The summed E-state index contributed by atoms with van der Waals surface area (Å²) in [5.74, 6) is 0. The van der Waals surface area contributed by atoms with Gasteiger partial charge in [-0.1, -0.05) is 6.07 Å². The fraction of sp³-hybridized carbons (Fsp3) is 0.312. The quantitative estimate of drug-likeness (QED) is 0.774. The molecule has 1 aliphatic heterocycles. The Morgan fingerprint density at radius 3 is 2.80 bits per heavy atom. The largest absolute Gasteiger partial charge is 0.319 e. The first-order valence-electron chi connectivity index (χ1n) is 7.16. The molecule has 2 aromatic heterocycles. The molecule has 0 bridgehead atoms. The molecule has 1 saturated heterocycles. The van der Waals surface area contributed by atoms with Crippen LogP contribution in [0.4, 0.5) is 0 Å². The number of rotatable bonds is 2. The number of aromatic amines is 1. The number of H-pyrrole nitrogens is 1. The van der Waals surface area contributed by atoms with Gasteiger partial charge >= 0.3 is 0 Å². The van der Waals surface area contributed by atoms with E-state index in [0.717, 1.165) is 17.6 Å². The van der Waals surface area contributed by atoms with Crippen LogP contribution in [0.1, 0.15) is 18.4 Å². The van der Waals surface area contributed by atoms with Crippen molar-refractivity contribution in [2.45, 2.75) is 19.4 Å². The van der Waals surface area contributed by atoms with E-state index in [9.17, 15) is 4.79 Å². The number of nitrogens with zero attached hydrogens (tertiary/aromatic N) is 2. The zero-order chi connectivity index (χ0) is 13.5. The molecule has 1 fully saturated rings. The van der Waals surface area contributed by atoms with Crippen LogP contribution < -0.4 is 5.56 Å². The van der Waals surface area contributed by atoms with Crippen molar-refractivity contribution in [1.82, 2.24) is 14.3 Å². The van der Waals surface area contributed by atoms with Crippen LogP contribution in [-0.2, 0) is 6.54 Å². The van der Waals surface area contributed by atoms with E-state index in [2.05, 4.69) is 22.0 Å². The first-order valence-corrected chi connectivity index (χ1v) is 7.16. The second-order valence-electron chi connectivity index (χ2n) is 5.55. The molecule has 1 N–H and O–H groups in total. The zero-order valence-electron chi connectivity index (χ0n) is 11.3. The van der Waals surface area contributed by atoms with Gasteiger partial charge in [-0.2, -0.15) is 0 Å². The number of hydrogen-bond donors (Lipinski definition) is 1. The van der Waals surface area contributed by atoms with Gasteiger partial charge in [0.25, 0.3) is 5.56 Å². The highest BCUT2D eigenvalue weighted by molar-refractivity contribution is 5.78. The van der Waals surface area contributed by atoms with Gasteiger partial charge in [0.15, 0.2) is 0 Å². The van der Waals surface area contributed by atoms with Crippen molar-refractivity contribution < 1.29 is 0 Å². The average Bonchev–Trinajstić information content (AvgIpc) is 3.10. The van der Waals surface area contributed by atoms with E-state index in [4.69, 9.17) is 0 Å². The average molecular weight is 267 g/mol. The smallest absolute Gasteiger partial charge is 0.272 e. The van der Waals surface area contributed by atoms with Crippen molar-refractivity contribution >= 4 is 16.6 Å². The van der Waals surface area contributed by atoms with E-state index >= 15 is 0 Å². The molecule has 3 aromatic rings. The molecule has 4 rings (SSSR count). The number of likely N-dealkylation sites (tertiary alicyclic amines) is 1. The highest BCUT2D eigenvalue weighted by Gasteiger charge is 2.12. The van der Waals surface area contributed by atoms with Crippen molar-refractivity contribution in [3.05, 3.63) is 52.4 Å². The van der Waals surface area contributed by atoms with E-state index in [1.54, 1.807) is 0 Å². The Morgan fingerprint density at radius 1 is 1.10 bits per heavy atom. The summed E-state index contributed by atoms with van der Waals surface area (Å²) in [6.45, 7) is 3.39. The van der Waals surface area contributed by atoms with Gasteiger partial charge < -0.3 is 9.38 Å². The summed E-state index contributed by atoms with van der Waals surface area (Å²) in [4.78, 5) is 17.4. The van der Waals surface area contributed by atoms with Gasteiger partial charge in [-0.15, -0.1) is 0 Å². The van der Waals surface area contributed by atoms with Gasteiger partial charge in [0.05, 0.1) is 11.0 Å². The molecule has 0 radical (unpaired) electrons. The maximum Gasteiger partial charge on any atom is 0.272 e. The first kappa shape index (κ1) is 11.7. The van der Waals surface area contributed by atoms with E-state index in [0.29, 0.717) is 5.52 Å². The van der Waals surface area contributed by atoms with Crippen LogP contribution in [0.25, 0.3) is 16.6 Å². The molecule has 0 atom stereocenters. The van der Waals surface area contributed by atoms with Crippen molar-refractivity contribution in [3.8, 4) is 0 Å². The SMILES string of the molecule is O=c1[nH]c2ccc(CN3CCCC3)cc2n2cccc12. The summed E-state index contributed by atoms with van der Waals surface area (Å²) in [6.07, 6.45) is 4.57. The molecule has 20 heavy (non-hydrogen) atoms. The molecule has 4 heteroatoms. The molecule has 0 unspecified atom stereocenters. The lowest BCUT2D eigenvalue weighted by Gasteiger charge is -2.15. The van der Waals surface area contributed by atoms with Gasteiger partial charge in [-0.05, 0) is 55.8 Å². The molecule has 102 valence electrons. The van der Waals surface area contributed by atoms with Crippen molar-refractivity contribution in [1.29, 1.82) is 0 Å². The van der Waals surface area contributed by atoms with Crippen LogP contribution in [0.5, 0.6) is 0 Å². The molecule has 0 aliphatic carbocycles. The maximum absolute atomic E-state index is 11.9. The second kappa shape index (κ2) is 4.49. The number of benzene rings is 1. The molecule has 3 heterocycles. The molecule has 1 aliphatic rings. The standard InChI is InChI=1S/C16H17N3O/c20-16-14-4-3-9-19(14)15-10-12(5-6-13(15)17-16)11-18-7-1-2-8-18/h3-6,9-10H,1-2,7-8,11H2,(H,17,20). The summed E-state index contributed by atoms with van der Waals surface area (Å²) in [7, 11) is 0. The van der Waals surface area contributed by atoms with Crippen molar-refractivity contribution in [2.24, 2.45) is 0 Å². The third-order valence-electron chi connectivity index (χ3n) is 4.16. The minimum Gasteiger partial charge on any atom is -0.319 e. The second-order valence-corrected chi connectivity index (χ2v) is 5.55. The van der Waals surface area contributed by atoms with Gasteiger partial charge in [-0.3, -0.25) is 9.69 Å². The normalized spacial score (nSPS) is 16.4. The molecule has 0 saturated carbocycles. The van der Waals surface area contributed by atoms with E-state index < -0.39 is 0 Å². The Balaban J connectivity index is 1.85. The Hall–Kier alpha value is -2.07. The molecular weight excluding hydrogens is 250 g/mol. The van der Waals surface area contributed by atoms with Crippen LogP contribution >= 0.6 is 0 Å². The fourth-order valence-corrected chi connectivity index (χ4v) is 3.14. The lowest BCUT2D eigenvalue weighted by Crippen LogP contribution is -2.18. The molecular formula is C16H17N3O. The van der Waals surface area contributed by atoms with Crippen LogP contribution in [0.15, 0.2) is 41.3 Å². The Bertz CT molecular complexity index is 824. The van der Waals surface area contributed by atoms with E-state index in [-0.39, 0.29) is 5.56 Å². The number of aromatic nitrogens is 2. The predicted molar refractivity (Wildman–Crippen MR) is 80.0 cm³/mol. The molecule has 1 aromatic carbocycles. The molecule has 0 spiro atoms. The van der Waals surface area contributed by atoms with Crippen LogP contribution in [-0.4, -0.2) is 27.4 Å². The van der Waals surface area contributed by atoms with E-state index in [1.807, 2.05) is 28.8 Å². The third-order valence-corrected chi connectivity index (χ3v) is 4.16. The van der Waals surface area contributed by atoms with Crippen LogP contribution in [0.3, 0.4) is 0 Å². The predicted octanol–water partition coefficient (Wildman–Crippen LogP) is 2.38. The number of fused-ring (bicyclic) bond motifs is 3. The summed E-state index contributed by atoms with van der Waals surface area (Å²) >= 11 is 0. The molecule has 0 amide bonds. The minimum atomic E-state index is -0.0326. The Kier molecular flexibility index (Phi) is 2.63. The Labute approximate surface area is 116 Å². The Morgan fingerprint density at radius 2 is 1.95 bits per heavy atom. The fourth-order valence-electron chi connectivity index (χ4n) is 3.14. The van der Waals surface area contributed by atoms with Crippen LogP contribution in [0, 0.1) is 0 Å². The van der Waals surface area contributed by atoms with Crippen LogP contribution in [0.2, 0.25) is 0 Å². The lowest BCUT2D eigenvalue weighted by atomic mass is 10.2. The van der Waals surface area contributed by atoms with Gasteiger partial charge in [0.1, 0.15) is 5.52 Å². The highest BCUT2D eigenvalue weighted by atomic mass is 16.1. The van der Waals surface area contributed by atoms with Crippen molar-refractivity contribution in [2.75, 3.05) is 13.1 Å². The minimum absolute atomic E-state index is 0.0326. The summed E-state index contributed by atoms with van der Waals surface area (Å²) in [5.41, 5.74) is 3.94. The lowest BCUT2D eigenvalue weighted by molar-refractivity contribution is 0.331. The van der Waals surface area contributed by atoms with Crippen molar-refractivity contribution in [3.63, 3.8) is 0 Å². The third kappa shape index (κ3) is 1.84. The van der Waals surface area contributed by atoms with E-state index in [1.165, 1.54) is 31.5 Å². The summed E-state index contributed by atoms with van der Waals surface area (Å²) < 4.78 is 1.97. The first-order chi connectivity index (χ1) is 9.81. The number of hydrogen-bond acceptors (Lipinski definition) is 2. The summed E-state index contributed by atoms with van der Waals surface area (Å²) in [6, 6.07) is 10.1. The number of nitrogens with one attached hydrogen (secondary N) is 1. The van der Waals surface area contributed by atoms with Gasteiger partial charge in [0.2, 0.25) is 0 Å². The zero-order valence-corrected chi connectivity index (χ0v) is 11.3. The van der Waals surface area contributed by atoms with Gasteiger partial charge in [-0.25, -0.2) is 0 Å².